The summed E-state index contributed by atoms with van der Waals surface area (Å²) in [5.41, 5.74) is 6.74. The van der Waals surface area contributed by atoms with Crippen LogP contribution >= 0.6 is 0 Å². The molecule has 4 nitrogen and oxygen atoms in total. The SMILES string of the molecule is NCCc1cnn(CC2CCOCC2)c1. The number of ether oxygens (including phenoxy) is 1. The summed E-state index contributed by atoms with van der Waals surface area (Å²) in [7, 11) is 0. The highest BCUT2D eigenvalue weighted by molar-refractivity contribution is 5.04. The molecule has 0 spiro atoms. The van der Waals surface area contributed by atoms with E-state index in [1.54, 1.807) is 0 Å². The van der Waals surface area contributed by atoms with Crippen molar-refractivity contribution in [2.45, 2.75) is 25.8 Å². The Morgan fingerprint density at radius 2 is 2.27 bits per heavy atom. The molecule has 0 amide bonds. The van der Waals surface area contributed by atoms with Crippen LogP contribution in [0.2, 0.25) is 0 Å². The zero-order valence-corrected chi connectivity index (χ0v) is 9.06. The summed E-state index contributed by atoms with van der Waals surface area (Å²) in [6.45, 7) is 3.53. The zero-order valence-electron chi connectivity index (χ0n) is 9.06. The number of hydrogen-bond donors (Lipinski definition) is 1. The van der Waals surface area contributed by atoms with Gasteiger partial charge in [0.05, 0.1) is 6.20 Å². The highest BCUT2D eigenvalue weighted by atomic mass is 16.5. The van der Waals surface area contributed by atoms with Crippen LogP contribution in [0.3, 0.4) is 0 Å². The first kappa shape index (κ1) is 10.6. The average molecular weight is 209 g/mol. The van der Waals surface area contributed by atoms with Gasteiger partial charge >= 0.3 is 0 Å². The molecule has 84 valence electrons. The molecule has 1 aromatic heterocycles. The third kappa shape index (κ3) is 3.04. The zero-order chi connectivity index (χ0) is 10.5. The van der Waals surface area contributed by atoms with Crippen molar-refractivity contribution in [3.8, 4) is 0 Å². The van der Waals surface area contributed by atoms with Gasteiger partial charge in [0, 0.05) is 26.0 Å². The van der Waals surface area contributed by atoms with Gasteiger partial charge in [0.2, 0.25) is 0 Å². The van der Waals surface area contributed by atoms with Gasteiger partial charge in [0.1, 0.15) is 0 Å². The van der Waals surface area contributed by atoms with Crippen LogP contribution in [-0.4, -0.2) is 29.5 Å². The number of hydrogen-bond acceptors (Lipinski definition) is 3. The fourth-order valence-corrected chi connectivity index (χ4v) is 2.00. The van der Waals surface area contributed by atoms with Gasteiger partial charge in [0.25, 0.3) is 0 Å². The van der Waals surface area contributed by atoms with E-state index in [1.165, 1.54) is 5.56 Å². The van der Waals surface area contributed by atoms with Crippen LogP contribution in [0, 0.1) is 5.92 Å². The first-order valence-corrected chi connectivity index (χ1v) is 5.67. The minimum absolute atomic E-state index is 0.697. The van der Waals surface area contributed by atoms with Crippen molar-refractivity contribution in [3.05, 3.63) is 18.0 Å². The molecule has 2 rings (SSSR count). The Hall–Kier alpha value is -0.870. The minimum atomic E-state index is 0.697. The molecule has 2 N–H and O–H groups in total. The van der Waals surface area contributed by atoms with Crippen LogP contribution in [-0.2, 0) is 17.7 Å². The summed E-state index contributed by atoms with van der Waals surface area (Å²) in [6.07, 6.45) is 7.28. The normalized spacial score (nSPS) is 18.2. The molecule has 1 aliphatic rings. The van der Waals surface area contributed by atoms with Gasteiger partial charge in [-0.2, -0.15) is 5.10 Å². The van der Waals surface area contributed by atoms with Crippen LogP contribution in [0.25, 0.3) is 0 Å². The highest BCUT2D eigenvalue weighted by Crippen LogP contribution is 2.16. The van der Waals surface area contributed by atoms with Crippen molar-refractivity contribution < 1.29 is 4.74 Å². The van der Waals surface area contributed by atoms with Gasteiger partial charge in [-0.15, -0.1) is 0 Å². The smallest absolute Gasteiger partial charge is 0.0522 e. The quantitative estimate of drug-likeness (QED) is 0.798. The second-order valence-electron chi connectivity index (χ2n) is 4.17. The van der Waals surface area contributed by atoms with Gasteiger partial charge < -0.3 is 10.5 Å². The Bertz CT molecular complexity index is 292. The number of nitrogens with two attached hydrogens (primary N) is 1. The topological polar surface area (TPSA) is 53.1 Å². The molecule has 1 aromatic rings. The minimum Gasteiger partial charge on any atom is -0.381 e. The maximum absolute atomic E-state index is 5.50. The Morgan fingerprint density at radius 3 is 3.00 bits per heavy atom. The van der Waals surface area contributed by atoms with Crippen molar-refractivity contribution in [2.75, 3.05) is 19.8 Å². The van der Waals surface area contributed by atoms with Gasteiger partial charge in [-0.25, -0.2) is 0 Å². The summed E-state index contributed by atoms with van der Waals surface area (Å²) in [4.78, 5) is 0. The Balaban J connectivity index is 1.86. The molecular formula is C11H19N3O. The second-order valence-corrected chi connectivity index (χ2v) is 4.17. The van der Waals surface area contributed by atoms with Crippen molar-refractivity contribution >= 4 is 0 Å². The number of aromatic nitrogens is 2. The summed E-state index contributed by atoms with van der Waals surface area (Å²) in [6, 6.07) is 0. The molecule has 2 heterocycles. The molecule has 1 saturated heterocycles. The van der Waals surface area contributed by atoms with Crippen LogP contribution in [0.5, 0.6) is 0 Å². The Labute approximate surface area is 90.4 Å². The van der Waals surface area contributed by atoms with E-state index < -0.39 is 0 Å². The molecule has 1 fully saturated rings. The molecule has 0 radical (unpaired) electrons. The standard InChI is InChI=1S/C11H19N3O/c12-4-1-11-7-13-14(9-11)8-10-2-5-15-6-3-10/h7,9-10H,1-6,8,12H2. The lowest BCUT2D eigenvalue weighted by atomic mass is 10.0. The van der Waals surface area contributed by atoms with Crippen molar-refractivity contribution in [3.63, 3.8) is 0 Å². The molecule has 0 unspecified atom stereocenters. The van der Waals surface area contributed by atoms with Gasteiger partial charge in [-0.3, -0.25) is 4.68 Å². The van der Waals surface area contributed by atoms with E-state index in [-0.39, 0.29) is 0 Å². The Kier molecular flexibility index (Phi) is 3.75. The van der Waals surface area contributed by atoms with E-state index in [2.05, 4.69) is 11.3 Å². The first-order valence-electron chi connectivity index (χ1n) is 5.67. The van der Waals surface area contributed by atoms with E-state index in [1.807, 2.05) is 10.9 Å². The number of nitrogens with zero attached hydrogens (tertiary/aromatic N) is 2. The van der Waals surface area contributed by atoms with E-state index >= 15 is 0 Å². The third-order valence-corrected chi connectivity index (χ3v) is 2.91. The molecular weight excluding hydrogens is 190 g/mol. The molecule has 0 aliphatic carbocycles. The maximum Gasteiger partial charge on any atom is 0.0522 e. The largest absolute Gasteiger partial charge is 0.381 e. The van der Waals surface area contributed by atoms with Crippen molar-refractivity contribution in [1.82, 2.24) is 9.78 Å². The summed E-state index contributed by atoms with van der Waals surface area (Å²) >= 11 is 0. The average Bonchev–Trinajstić information content (AvgIpc) is 2.68. The van der Waals surface area contributed by atoms with E-state index in [9.17, 15) is 0 Å². The predicted octanol–water partition coefficient (Wildman–Crippen LogP) is 0.811. The number of rotatable bonds is 4. The molecule has 1 aliphatic heterocycles. The molecule has 0 atom stereocenters. The van der Waals surface area contributed by atoms with Gasteiger partial charge in [-0.1, -0.05) is 0 Å². The van der Waals surface area contributed by atoms with Crippen molar-refractivity contribution in [2.24, 2.45) is 11.7 Å². The van der Waals surface area contributed by atoms with Crippen LogP contribution < -0.4 is 5.73 Å². The van der Waals surface area contributed by atoms with Crippen LogP contribution in [0.4, 0.5) is 0 Å². The van der Waals surface area contributed by atoms with Crippen LogP contribution in [0.15, 0.2) is 12.4 Å². The summed E-state index contributed by atoms with van der Waals surface area (Å²) < 4.78 is 7.38. The van der Waals surface area contributed by atoms with Gasteiger partial charge in [-0.05, 0) is 37.3 Å². The maximum atomic E-state index is 5.50. The molecule has 0 saturated carbocycles. The fourth-order valence-electron chi connectivity index (χ4n) is 2.00. The second kappa shape index (κ2) is 5.28. The first-order chi connectivity index (χ1) is 7.38. The molecule has 0 bridgehead atoms. The monoisotopic (exact) mass is 209 g/mol. The van der Waals surface area contributed by atoms with Gasteiger partial charge in [0.15, 0.2) is 0 Å². The fraction of sp³-hybridized carbons (Fsp3) is 0.727. The van der Waals surface area contributed by atoms with E-state index in [0.717, 1.165) is 44.9 Å². The van der Waals surface area contributed by atoms with Crippen LogP contribution in [0.1, 0.15) is 18.4 Å². The Morgan fingerprint density at radius 1 is 1.47 bits per heavy atom. The highest BCUT2D eigenvalue weighted by Gasteiger charge is 2.14. The summed E-state index contributed by atoms with van der Waals surface area (Å²) in [5.74, 6) is 0.726. The van der Waals surface area contributed by atoms with E-state index in [4.69, 9.17) is 10.5 Å². The molecule has 15 heavy (non-hydrogen) atoms. The molecule has 4 heteroatoms. The lowest BCUT2D eigenvalue weighted by molar-refractivity contribution is 0.0601. The predicted molar refractivity (Wildman–Crippen MR) is 58.5 cm³/mol. The van der Waals surface area contributed by atoms with Crippen molar-refractivity contribution in [1.29, 1.82) is 0 Å². The lowest BCUT2D eigenvalue weighted by Gasteiger charge is -2.21. The van der Waals surface area contributed by atoms with E-state index in [0.29, 0.717) is 6.54 Å². The summed E-state index contributed by atoms with van der Waals surface area (Å²) in [5, 5.41) is 4.35. The third-order valence-electron chi connectivity index (χ3n) is 2.91. The lowest BCUT2D eigenvalue weighted by Crippen LogP contribution is -2.20. The molecule has 0 aromatic carbocycles.